The predicted molar refractivity (Wildman–Crippen MR) is 108 cm³/mol. The molecule has 154 valence electrons. The van der Waals surface area contributed by atoms with Crippen LogP contribution in [0.25, 0.3) is 10.8 Å². The van der Waals surface area contributed by atoms with Gasteiger partial charge in [0.1, 0.15) is 12.4 Å². The second-order valence-electron chi connectivity index (χ2n) is 6.83. The number of fused-ring (bicyclic) bond motifs is 1. The number of nitrogens with one attached hydrogen (secondary N) is 3. The van der Waals surface area contributed by atoms with Gasteiger partial charge in [-0.3, -0.25) is 25.2 Å². The summed E-state index contributed by atoms with van der Waals surface area (Å²) in [5.41, 5.74) is 4.61. The number of hydrogen-bond donors (Lipinski definition) is 3. The molecule has 1 saturated heterocycles. The number of ether oxygens (including phenoxy) is 2. The average Bonchev–Trinajstić information content (AvgIpc) is 3.30. The largest absolute Gasteiger partial charge is 0.491 e. The first-order valence-corrected chi connectivity index (χ1v) is 9.54. The highest BCUT2D eigenvalue weighted by Gasteiger charge is 2.17. The van der Waals surface area contributed by atoms with E-state index in [1.54, 1.807) is 48.5 Å². The van der Waals surface area contributed by atoms with E-state index >= 15 is 0 Å². The standard InChI is InChI=1S/C21H20N4O5/c26-19(13-7-9-14(10-8-13)30-12-15-4-3-11-29-15)23-25-21(28)18-16-5-1-2-6-17(16)20(27)24-22-18/h1-2,5-10,15H,3-4,11-12H2,(H,23,26)(H,24,27)(H,25,28)/t15-/m1/s1. The van der Waals surface area contributed by atoms with Crippen LogP contribution >= 0.6 is 0 Å². The molecule has 4 rings (SSSR count). The van der Waals surface area contributed by atoms with Gasteiger partial charge in [0.25, 0.3) is 17.4 Å². The minimum Gasteiger partial charge on any atom is -0.491 e. The number of carbonyl (C=O) groups is 2. The molecule has 1 aromatic heterocycles. The minimum absolute atomic E-state index is 0.00313. The van der Waals surface area contributed by atoms with Crippen molar-refractivity contribution in [3.63, 3.8) is 0 Å². The minimum atomic E-state index is -0.646. The van der Waals surface area contributed by atoms with Crippen molar-refractivity contribution in [3.8, 4) is 5.75 Å². The third-order valence-corrected chi connectivity index (χ3v) is 4.78. The van der Waals surface area contributed by atoms with E-state index < -0.39 is 17.4 Å². The third kappa shape index (κ3) is 4.31. The zero-order valence-corrected chi connectivity index (χ0v) is 16.0. The molecule has 1 atom stereocenters. The van der Waals surface area contributed by atoms with E-state index in [0.29, 0.717) is 28.7 Å². The molecule has 1 aliphatic rings. The molecule has 3 aromatic rings. The Morgan fingerprint density at radius 3 is 2.53 bits per heavy atom. The lowest BCUT2D eigenvalue weighted by Gasteiger charge is -2.12. The summed E-state index contributed by atoms with van der Waals surface area (Å²) >= 11 is 0. The molecule has 9 heteroatoms. The number of amides is 2. The third-order valence-electron chi connectivity index (χ3n) is 4.78. The molecule has 2 amide bonds. The van der Waals surface area contributed by atoms with Crippen molar-refractivity contribution < 1.29 is 19.1 Å². The van der Waals surface area contributed by atoms with Gasteiger partial charge < -0.3 is 9.47 Å². The predicted octanol–water partition coefficient (Wildman–Crippen LogP) is 1.56. The number of rotatable bonds is 5. The maximum Gasteiger partial charge on any atom is 0.290 e. The molecule has 1 aliphatic heterocycles. The van der Waals surface area contributed by atoms with Crippen molar-refractivity contribution in [1.29, 1.82) is 0 Å². The maximum atomic E-state index is 12.4. The fourth-order valence-electron chi connectivity index (χ4n) is 3.20. The van der Waals surface area contributed by atoms with E-state index in [-0.39, 0.29) is 11.8 Å². The number of hydrazine groups is 1. The van der Waals surface area contributed by atoms with Gasteiger partial charge in [-0.25, -0.2) is 5.10 Å². The van der Waals surface area contributed by atoms with Crippen molar-refractivity contribution in [2.75, 3.05) is 13.2 Å². The summed E-state index contributed by atoms with van der Waals surface area (Å²) in [5.74, 6) is -0.509. The molecule has 1 fully saturated rings. The molecule has 0 bridgehead atoms. The number of hydrogen-bond acceptors (Lipinski definition) is 6. The molecule has 0 spiro atoms. The smallest absolute Gasteiger partial charge is 0.290 e. The van der Waals surface area contributed by atoms with E-state index in [0.717, 1.165) is 19.4 Å². The lowest BCUT2D eigenvalue weighted by Crippen LogP contribution is -2.42. The molecule has 2 heterocycles. The molecule has 0 aliphatic carbocycles. The first-order valence-electron chi connectivity index (χ1n) is 9.54. The van der Waals surface area contributed by atoms with E-state index in [1.165, 1.54) is 0 Å². The zero-order chi connectivity index (χ0) is 20.9. The Balaban J connectivity index is 1.36. The highest BCUT2D eigenvalue weighted by molar-refractivity contribution is 6.05. The Hall–Kier alpha value is -3.72. The number of aromatic nitrogens is 2. The number of nitrogens with zero attached hydrogens (tertiary/aromatic N) is 1. The summed E-state index contributed by atoms with van der Waals surface area (Å²) in [4.78, 5) is 36.6. The molecule has 0 radical (unpaired) electrons. The number of carbonyl (C=O) groups excluding carboxylic acids is 2. The molecule has 9 nitrogen and oxygen atoms in total. The van der Waals surface area contributed by atoms with Gasteiger partial charge in [0.2, 0.25) is 0 Å². The van der Waals surface area contributed by atoms with Crippen molar-refractivity contribution >= 4 is 22.6 Å². The molecule has 0 saturated carbocycles. The first kappa shape index (κ1) is 19.6. The molecule has 2 aromatic carbocycles. The van der Waals surface area contributed by atoms with Gasteiger partial charge in [-0.05, 0) is 43.2 Å². The van der Waals surface area contributed by atoms with E-state index in [9.17, 15) is 14.4 Å². The molecule has 30 heavy (non-hydrogen) atoms. The quantitative estimate of drug-likeness (QED) is 0.551. The van der Waals surface area contributed by atoms with Crippen molar-refractivity contribution in [2.24, 2.45) is 0 Å². The van der Waals surface area contributed by atoms with Crippen molar-refractivity contribution in [2.45, 2.75) is 18.9 Å². The second-order valence-corrected chi connectivity index (χ2v) is 6.83. The van der Waals surface area contributed by atoms with Crippen molar-refractivity contribution in [3.05, 3.63) is 70.1 Å². The summed E-state index contributed by atoms with van der Waals surface area (Å²) in [7, 11) is 0. The van der Waals surface area contributed by atoms with Crippen LogP contribution in [0.4, 0.5) is 0 Å². The average molecular weight is 408 g/mol. The normalized spacial score (nSPS) is 15.7. The molecule has 3 N–H and O–H groups in total. The van der Waals surface area contributed by atoms with Crippen LogP contribution in [-0.2, 0) is 4.74 Å². The van der Waals surface area contributed by atoms with Gasteiger partial charge in [0.05, 0.1) is 11.5 Å². The van der Waals surface area contributed by atoms with Crippen LogP contribution < -0.4 is 21.1 Å². The first-order chi connectivity index (χ1) is 14.6. The van der Waals surface area contributed by atoms with Gasteiger partial charge in [0, 0.05) is 17.6 Å². The zero-order valence-electron chi connectivity index (χ0n) is 16.0. The second kappa shape index (κ2) is 8.75. The van der Waals surface area contributed by atoms with Crippen LogP contribution in [0.3, 0.4) is 0 Å². The molecular formula is C21H20N4O5. The van der Waals surface area contributed by atoms with Crippen LogP contribution in [0.1, 0.15) is 33.7 Å². The molecular weight excluding hydrogens is 388 g/mol. The summed E-state index contributed by atoms with van der Waals surface area (Å²) in [6.45, 7) is 1.24. The Labute approximate surface area is 171 Å². The molecule has 0 unspecified atom stereocenters. The topological polar surface area (TPSA) is 122 Å². The number of H-pyrrole nitrogens is 1. The van der Waals surface area contributed by atoms with Gasteiger partial charge in [-0.15, -0.1) is 0 Å². The fraction of sp³-hybridized carbons (Fsp3) is 0.238. The highest BCUT2D eigenvalue weighted by atomic mass is 16.5. The summed E-state index contributed by atoms with van der Waals surface area (Å²) < 4.78 is 11.2. The Morgan fingerprint density at radius 1 is 1.07 bits per heavy atom. The van der Waals surface area contributed by atoms with Crippen LogP contribution in [0.15, 0.2) is 53.3 Å². The summed E-state index contributed by atoms with van der Waals surface area (Å²) in [5, 5.41) is 6.80. The monoisotopic (exact) mass is 408 g/mol. The Kier molecular flexibility index (Phi) is 5.71. The summed E-state index contributed by atoms with van der Waals surface area (Å²) in [6.07, 6.45) is 2.14. The lowest BCUT2D eigenvalue weighted by molar-refractivity contribution is 0.0679. The highest BCUT2D eigenvalue weighted by Crippen LogP contribution is 2.17. The number of benzene rings is 2. The van der Waals surface area contributed by atoms with Crippen LogP contribution in [0.5, 0.6) is 5.75 Å². The van der Waals surface area contributed by atoms with Gasteiger partial charge in [0.15, 0.2) is 5.69 Å². The SMILES string of the molecule is O=C(NNC(=O)c1n[nH]c(=O)c2ccccc12)c1ccc(OC[C@H]2CCCO2)cc1. The van der Waals surface area contributed by atoms with Crippen LogP contribution in [0.2, 0.25) is 0 Å². The number of aromatic amines is 1. The van der Waals surface area contributed by atoms with E-state index in [2.05, 4.69) is 21.0 Å². The van der Waals surface area contributed by atoms with Gasteiger partial charge in [-0.2, -0.15) is 5.10 Å². The fourth-order valence-corrected chi connectivity index (χ4v) is 3.20. The Morgan fingerprint density at radius 2 is 1.80 bits per heavy atom. The van der Waals surface area contributed by atoms with Crippen LogP contribution in [-0.4, -0.2) is 41.3 Å². The van der Waals surface area contributed by atoms with Crippen molar-refractivity contribution in [1.82, 2.24) is 21.0 Å². The lowest BCUT2D eigenvalue weighted by atomic mass is 10.1. The maximum absolute atomic E-state index is 12.4. The van der Waals surface area contributed by atoms with E-state index in [4.69, 9.17) is 9.47 Å². The van der Waals surface area contributed by atoms with Crippen LogP contribution in [0, 0.1) is 0 Å². The van der Waals surface area contributed by atoms with E-state index in [1.807, 2.05) is 0 Å². The Bertz CT molecular complexity index is 1120. The van der Waals surface area contributed by atoms with Gasteiger partial charge >= 0.3 is 0 Å². The summed E-state index contributed by atoms with van der Waals surface area (Å²) in [6, 6.07) is 13.2. The van der Waals surface area contributed by atoms with Gasteiger partial charge in [-0.1, -0.05) is 18.2 Å².